The summed E-state index contributed by atoms with van der Waals surface area (Å²) in [5, 5.41) is 34.4. The van der Waals surface area contributed by atoms with Gasteiger partial charge >= 0.3 is 5.97 Å². The molecule has 13 atom stereocenters. The van der Waals surface area contributed by atoms with Crippen LogP contribution in [0.25, 0.3) is 0 Å². The predicted molar refractivity (Wildman–Crippen MR) is 356 cm³/mol. The minimum Gasteiger partial charge on any atom is -0.464 e. The summed E-state index contributed by atoms with van der Waals surface area (Å²) in [5.74, 6) is -12.1. The van der Waals surface area contributed by atoms with E-state index in [0.29, 0.717) is 0 Å². The van der Waals surface area contributed by atoms with Crippen molar-refractivity contribution in [3.63, 3.8) is 0 Å². The lowest BCUT2D eigenvalue weighted by molar-refractivity contribution is -0.158. The zero-order chi connectivity index (χ0) is 72.9. The van der Waals surface area contributed by atoms with Crippen molar-refractivity contribution in [3.8, 4) is 0 Å². The van der Waals surface area contributed by atoms with E-state index in [1.54, 1.807) is 67.5 Å². The molecule has 1 aliphatic heterocycles. The topological polar surface area (TPSA) is 335 Å². The van der Waals surface area contributed by atoms with Crippen LogP contribution in [0.5, 0.6) is 0 Å². The number of aliphatic hydroxyl groups is 2. The van der Waals surface area contributed by atoms with Gasteiger partial charge in [-0.1, -0.05) is 95.2 Å². The van der Waals surface area contributed by atoms with Gasteiger partial charge in [-0.15, -0.1) is 0 Å². The van der Waals surface area contributed by atoms with E-state index in [-0.39, 0.29) is 56.5 Å². The molecule has 1 rings (SSSR count). The Labute approximate surface area is 559 Å². The van der Waals surface area contributed by atoms with Gasteiger partial charge in [-0.05, 0) is 109 Å². The maximum absolute atomic E-state index is 15.3. The number of likely N-dealkylation sites (N-methyl/N-ethyl adjacent to an activating group) is 7. The molecule has 27 nitrogen and oxygen atoms in total. The summed E-state index contributed by atoms with van der Waals surface area (Å²) in [6.07, 6.45) is 1.91. The normalized spacial score (nSPS) is 26.3. The fourth-order valence-electron chi connectivity index (χ4n) is 11.4. The van der Waals surface area contributed by atoms with Crippen molar-refractivity contribution < 1.29 is 77.2 Å². The maximum Gasteiger partial charge on any atom is 0.332 e. The fraction of sp³-hybridized carbons (Fsp3) is 0.791. The number of hydrogen-bond donors (Lipinski definition) is 6. The lowest BCUT2D eigenvalue weighted by Crippen LogP contribution is -2.64. The number of nitrogens with zero attached hydrogens (tertiary/aromatic N) is 7. The molecule has 0 bridgehead atoms. The van der Waals surface area contributed by atoms with E-state index in [2.05, 4.69) is 21.3 Å². The van der Waals surface area contributed by atoms with E-state index < -0.39 is 187 Å². The third-order valence-corrected chi connectivity index (χ3v) is 17.2. The molecule has 0 spiro atoms. The third-order valence-electron chi connectivity index (χ3n) is 17.2. The minimum absolute atomic E-state index is 0.00679. The van der Waals surface area contributed by atoms with E-state index in [4.69, 9.17) is 9.47 Å². The second-order valence-corrected chi connectivity index (χ2v) is 28.0. The number of esters is 1. The standard InChI is InChI=1S/C67H119N11O16/c1-26-29-30-42(14)55(80)54-59(84)70-45(27-2)61(86)76(23)50(35-93-36-51(79)94-28-3)64(89)75(22)49(34-67(17,18)92)58(83)71-52(40(10)11)65(90)72(19)46(31-37(4)5)57(82)68-43(15)56(81)69-44(16)60(85)73(20)47(32-38(6)7)62(87)74(21)48(33-39(8)9)63(88)77(24)53(41(12)13)66(91)78(54)25/h26,29,37-50,52-55,80,92H,27-28,30-36H2,1-25H3,(H,68,82)(H,69,81)(H,70,84)(H,71,83)/t42-,43+,44-,45+,46+,47+,48+,49+,50-,52+,53+,54+,55-/m1/s1. The molecule has 0 radical (unpaired) electrons. The molecule has 1 aliphatic rings. The van der Waals surface area contributed by atoms with Crippen molar-refractivity contribution in [1.29, 1.82) is 0 Å². The molecule has 11 amide bonds. The van der Waals surface area contributed by atoms with Crippen molar-refractivity contribution in [2.24, 2.45) is 35.5 Å². The van der Waals surface area contributed by atoms with Gasteiger partial charge in [0, 0.05) is 55.8 Å². The van der Waals surface area contributed by atoms with E-state index in [0.717, 1.165) is 19.6 Å². The van der Waals surface area contributed by atoms with Crippen molar-refractivity contribution in [1.82, 2.24) is 55.6 Å². The van der Waals surface area contributed by atoms with Gasteiger partial charge in [-0.2, -0.15) is 0 Å². The summed E-state index contributed by atoms with van der Waals surface area (Å²) in [6.45, 7) is 28.5. The molecular weight excluding hydrogens is 1210 g/mol. The number of allylic oxidation sites excluding steroid dienone is 2. The molecule has 1 heterocycles. The largest absolute Gasteiger partial charge is 0.464 e. The van der Waals surface area contributed by atoms with Crippen LogP contribution in [0.3, 0.4) is 0 Å². The van der Waals surface area contributed by atoms with Crippen molar-refractivity contribution in [3.05, 3.63) is 12.2 Å². The molecular formula is C67H119N11O16. The third kappa shape index (κ3) is 24.5. The first-order valence-electron chi connectivity index (χ1n) is 33.2. The SMILES string of the molecule is CC=CC[C@@H](C)[C@@H](O)[C@H]1C(=O)N[C@@H](CC)C(=O)N(C)[C@H](COCC(=O)OCC)C(=O)N(C)[C@@H](CC(C)(C)O)C(=O)N[C@@H](C(C)C)C(=O)N(C)[C@@H](CC(C)C)C(=O)N[C@@H](C)C(=O)N[C@H](C)C(=O)N(C)[C@@H](CC(C)C)C(=O)N(C)[C@@H](CC(C)C)C(=O)N(C)[C@@H](C(C)C)C(=O)N1C. The highest BCUT2D eigenvalue weighted by Gasteiger charge is 2.47. The first kappa shape index (κ1) is 85.3. The van der Waals surface area contributed by atoms with Crippen LogP contribution in [-0.4, -0.2) is 263 Å². The van der Waals surface area contributed by atoms with Crippen LogP contribution < -0.4 is 21.3 Å². The number of hydrogen-bond acceptors (Lipinski definition) is 16. The number of carbonyl (C=O) groups excluding carboxylic acids is 12. The van der Waals surface area contributed by atoms with Crippen LogP contribution >= 0.6 is 0 Å². The van der Waals surface area contributed by atoms with Crippen molar-refractivity contribution in [2.75, 3.05) is 69.2 Å². The quantitative estimate of drug-likeness (QED) is 0.0753. The Morgan fingerprint density at radius 3 is 1.43 bits per heavy atom. The van der Waals surface area contributed by atoms with Gasteiger partial charge in [0.25, 0.3) is 0 Å². The second kappa shape index (κ2) is 38.7. The molecule has 0 unspecified atom stereocenters. The Hall–Kier alpha value is -6.74. The Kier molecular flexibility index (Phi) is 35.1. The fourth-order valence-corrected chi connectivity index (χ4v) is 11.4. The lowest BCUT2D eigenvalue weighted by Gasteiger charge is -2.41. The van der Waals surface area contributed by atoms with Gasteiger partial charge in [-0.3, -0.25) is 52.7 Å². The van der Waals surface area contributed by atoms with Crippen LogP contribution in [0.1, 0.15) is 163 Å². The maximum atomic E-state index is 15.3. The zero-order valence-electron chi connectivity index (χ0n) is 61.2. The summed E-state index contributed by atoms with van der Waals surface area (Å²) in [7, 11) is 9.41. The molecule has 27 heteroatoms. The number of nitrogens with one attached hydrogen (secondary N) is 4. The van der Waals surface area contributed by atoms with E-state index in [9.17, 15) is 39.0 Å². The van der Waals surface area contributed by atoms with Gasteiger partial charge in [0.05, 0.1) is 24.9 Å². The monoisotopic (exact) mass is 1330 g/mol. The molecule has 1 fully saturated rings. The Morgan fingerprint density at radius 2 is 0.957 bits per heavy atom. The first-order chi connectivity index (χ1) is 43.4. The van der Waals surface area contributed by atoms with Crippen LogP contribution in [0.15, 0.2) is 12.2 Å². The van der Waals surface area contributed by atoms with E-state index in [1.165, 1.54) is 91.7 Å². The molecule has 538 valence electrons. The van der Waals surface area contributed by atoms with Crippen LogP contribution in [0.2, 0.25) is 0 Å². The molecule has 0 aliphatic carbocycles. The molecule has 1 saturated heterocycles. The number of ether oxygens (including phenoxy) is 2. The highest BCUT2D eigenvalue weighted by Crippen LogP contribution is 2.26. The van der Waals surface area contributed by atoms with E-state index in [1.807, 2.05) is 41.5 Å². The smallest absolute Gasteiger partial charge is 0.332 e. The summed E-state index contributed by atoms with van der Waals surface area (Å²) >= 11 is 0. The number of rotatable bonds is 20. The Morgan fingerprint density at radius 1 is 0.521 bits per heavy atom. The van der Waals surface area contributed by atoms with Gasteiger partial charge < -0.3 is 75.3 Å². The molecule has 0 aromatic heterocycles. The highest BCUT2D eigenvalue weighted by atomic mass is 16.6. The van der Waals surface area contributed by atoms with Gasteiger partial charge in [0.2, 0.25) is 65.0 Å². The van der Waals surface area contributed by atoms with Gasteiger partial charge in [-0.25, -0.2) is 4.79 Å². The van der Waals surface area contributed by atoms with Gasteiger partial charge in [0.1, 0.15) is 73.1 Å². The zero-order valence-corrected chi connectivity index (χ0v) is 61.2. The highest BCUT2D eigenvalue weighted by molar-refractivity contribution is 6.00. The Balaban J connectivity index is 4.59. The molecule has 6 N–H and O–H groups in total. The molecule has 0 saturated carbocycles. The number of carbonyl (C=O) groups is 12. The summed E-state index contributed by atoms with van der Waals surface area (Å²) < 4.78 is 10.8. The average molecular weight is 1330 g/mol. The summed E-state index contributed by atoms with van der Waals surface area (Å²) in [5.41, 5.74) is -1.67. The van der Waals surface area contributed by atoms with E-state index >= 15 is 28.8 Å². The molecule has 0 aromatic rings. The molecule has 94 heavy (non-hydrogen) atoms. The summed E-state index contributed by atoms with van der Waals surface area (Å²) in [4.78, 5) is 184. The first-order valence-corrected chi connectivity index (χ1v) is 33.2. The van der Waals surface area contributed by atoms with Crippen LogP contribution in [-0.2, 0) is 67.0 Å². The van der Waals surface area contributed by atoms with Crippen LogP contribution in [0, 0.1) is 35.5 Å². The summed E-state index contributed by atoms with van der Waals surface area (Å²) in [6, 6.07) is -15.3. The Bertz CT molecular complexity index is 2610. The predicted octanol–water partition coefficient (Wildman–Crippen LogP) is 2.33. The second-order valence-electron chi connectivity index (χ2n) is 28.0. The minimum atomic E-state index is -1.73. The average Bonchev–Trinajstić information content (AvgIpc) is 0.834. The van der Waals surface area contributed by atoms with Crippen molar-refractivity contribution in [2.45, 2.75) is 241 Å². The molecule has 0 aromatic carbocycles. The lowest BCUT2D eigenvalue weighted by atomic mass is 9.91. The van der Waals surface area contributed by atoms with Crippen LogP contribution in [0.4, 0.5) is 0 Å². The number of amides is 11. The number of aliphatic hydroxyl groups excluding tert-OH is 1. The van der Waals surface area contributed by atoms with Gasteiger partial charge in [0.15, 0.2) is 0 Å². The van der Waals surface area contributed by atoms with Crippen molar-refractivity contribution >= 4 is 70.9 Å².